The summed E-state index contributed by atoms with van der Waals surface area (Å²) in [5, 5.41) is 8.76. The second-order valence-corrected chi connectivity index (χ2v) is 4.34. The van der Waals surface area contributed by atoms with E-state index in [4.69, 9.17) is 5.11 Å². The van der Waals surface area contributed by atoms with Crippen molar-refractivity contribution in [2.45, 2.75) is 38.6 Å². The van der Waals surface area contributed by atoms with Gasteiger partial charge in [-0.2, -0.15) is 0 Å². The average Bonchev–Trinajstić information content (AvgIpc) is 3.14. The van der Waals surface area contributed by atoms with Crippen LogP contribution in [0, 0.1) is 0 Å². The molecule has 1 aliphatic rings. The topological polar surface area (TPSA) is 66.3 Å². The molecule has 0 amide bonds. The van der Waals surface area contributed by atoms with Crippen LogP contribution in [0.15, 0.2) is 12.4 Å². The van der Waals surface area contributed by atoms with Crippen LogP contribution in [0.3, 0.4) is 0 Å². The zero-order valence-electron chi connectivity index (χ0n) is 9.96. The molecular weight excluding hydrogens is 218 g/mol. The smallest absolute Gasteiger partial charge is 0.356 e. The predicted molar refractivity (Wildman–Crippen MR) is 64.3 cm³/mol. The summed E-state index contributed by atoms with van der Waals surface area (Å²) < 4.78 is 0. The zero-order chi connectivity index (χ0) is 12.3. The highest BCUT2D eigenvalue weighted by Crippen LogP contribution is 2.30. The van der Waals surface area contributed by atoms with Crippen LogP contribution in [0.2, 0.25) is 0 Å². The largest absolute Gasteiger partial charge is 0.476 e. The summed E-state index contributed by atoms with van der Waals surface area (Å²) in [6, 6.07) is 0.575. The van der Waals surface area contributed by atoms with E-state index in [-0.39, 0.29) is 5.69 Å². The van der Waals surface area contributed by atoms with Crippen molar-refractivity contribution in [3.63, 3.8) is 0 Å². The third-order valence-electron chi connectivity index (χ3n) is 2.89. The fourth-order valence-corrected chi connectivity index (χ4v) is 1.78. The molecule has 17 heavy (non-hydrogen) atoms. The molecule has 1 aromatic rings. The Kier molecular flexibility index (Phi) is 3.56. The Balaban J connectivity index is 2.09. The maximum atomic E-state index is 10.7. The number of carbonyl (C=O) groups is 1. The number of hydrogen-bond donors (Lipinski definition) is 1. The summed E-state index contributed by atoms with van der Waals surface area (Å²) in [5.41, 5.74) is -0.0000107. The first-order valence-electron chi connectivity index (χ1n) is 6.04. The van der Waals surface area contributed by atoms with Crippen LogP contribution in [0.4, 0.5) is 5.82 Å². The lowest BCUT2D eigenvalue weighted by Gasteiger charge is -2.22. The number of anilines is 1. The summed E-state index contributed by atoms with van der Waals surface area (Å²) in [4.78, 5) is 21.0. The number of nitrogens with zero attached hydrogens (tertiary/aromatic N) is 3. The van der Waals surface area contributed by atoms with E-state index in [1.807, 2.05) is 0 Å². The first-order chi connectivity index (χ1) is 8.22. The molecule has 2 rings (SSSR count). The summed E-state index contributed by atoms with van der Waals surface area (Å²) >= 11 is 0. The van der Waals surface area contributed by atoms with Gasteiger partial charge in [-0.3, -0.25) is 0 Å². The monoisotopic (exact) mass is 235 g/mol. The second-order valence-electron chi connectivity index (χ2n) is 4.34. The highest BCUT2D eigenvalue weighted by Gasteiger charge is 2.29. The van der Waals surface area contributed by atoms with Gasteiger partial charge in [0.25, 0.3) is 0 Å². The van der Waals surface area contributed by atoms with Crippen molar-refractivity contribution in [2.24, 2.45) is 0 Å². The van der Waals surface area contributed by atoms with Gasteiger partial charge in [0.1, 0.15) is 5.82 Å². The summed E-state index contributed by atoms with van der Waals surface area (Å²) in [6.45, 7) is 3.13. The minimum atomic E-state index is -1.03. The molecule has 0 saturated heterocycles. The lowest BCUT2D eigenvalue weighted by molar-refractivity contribution is 0.0690. The molecule has 0 aromatic carbocycles. The maximum Gasteiger partial charge on any atom is 0.356 e. The molecular formula is C12H17N3O2. The van der Waals surface area contributed by atoms with E-state index in [9.17, 15) is 4.79 Å². The lowest BCUT2D eigenvalue weighted by atomic mass is 10.3. The van der Waals surface area contributed by atoms with Gasteiger partial charge < -0.3 is 10.0 Å². The third-order valence-corrected chi connectivity index (χ3v) is 2.89. The number of carboxylic acid groups (broad SMARTS) is 1. The number of carboxylic acids is 1. The summed E-state index contributed by atoms with van der Waals surface area (Å²) in [7, 11) is 0. The molecule has 0 bridgehead atoms. The Bertz CT molecular complexity index is 387. The predicted octanol–water partition coefficient (Wildman–Crippen LogP) is 1.94. The number of aromatic nitrogens is 2. The van der Waals surface area contributed by atoms with Crippen molar-refractivity contribution in [3.8, 4) is 0 Å². The van der Waals surface area contributed by atoms with E-state index in [1.54, 1.807) is 6.20 Å². The van der Waals surface area contributed by atoms with Gasteiger partial charge in [-0.15, -0.1) is 0 Å². The van der Waals surface area contributed by atoms with Gasteiger partial charge in [-0.25, -0.2) is 14.8 Å². The Morgan fingerprint density at radius 1 is 1.47 bits per heavy atom. The highest BCUT2D eigenvalue weighted by molar-refractivity contribution is 5.84. The van der Waals surface area contributed by atoms with Crippen molar-refractivity contribution in [1.29, 1.82) is 0 Å². The van der Waals surface area contributed by atoms with Crippen LogP contribution in [-0.2, 0) is 0 Å². The van der Waals surface area contributed by atoms with E-state index in [2.05, 4.69) is 21.8 Å². The number of rotatable bonds is 6. The fourth-order valence-electron chi connectivity index (χ4n) is 1.78. The maximum absolute atomic E-state index is 10.7. The van der Waals surface area contributed by atoms with Crippen molar-refractivity contribution < 1.29 is 9.90 Å². The number of unbranched alkanes of at least 4 members (excludes halogenated alkanes) is 1. The molecule has 1 N–H and O–H groups in total. The molecule has 92 valence electrons. The first kappa shape index (κ1) is 11.8. The molecule has 1 aliphatic carbocycles. The third kappa shape index (κ3) is 2.93. The Hall–Kier alpha value is -1.65. The first-order valence-corrected chi connectivity index (χ1v) is 6.04. The Labute approximate surface area is 100 Å². The molecule has 0 unspecified atom stereocenters. The Morgan fingerprint density at radius 2 is 2.24 bits per heavy atom. The Morgan fingerprint density at radius 3 is 2.71 bits per heavy atom. The van der Waals surface area contributed by atoms with Gasteiger partial charge in [0.15, 0.2) is 5.69 Å². The van der Waals surface area contributed by atoms with Crippen LogP contribution in [0.5, 0.6) is 0 Å². The van der Waals surface area contributed by atoms with Gasteiger partial charge in [0.2, 0.25) is 0 Å². The van der Waals surface area contributed by atoms with Gasteiger partial charge in [0, 0.05) is 12.6 Å². The normalized spacial score (nSPS) is 14.6. The van der Waals surface area contributed by atoms with Crippen molar-refractivity contribution in [1.82, 2.24) is 9.97 Å². The molecule has 0 atom stereocenters. The van der Waals surface area contributed by atoms with E-state index in [0.717, 1.165) is 25.2 Å². The van der Waals surface area contributed by atoms with E-state index in [0.29, 0.717) is 6.04 Å². The quantitative estimate of drug-likeness (QED) is 0.816. The standard InChI is InChI=1S/C12H17N3O2/c1-2-3-6-15(9-4-5-9)11-8-13-10(7-14-11)12(16)17/h7-9H,2-6H2,1H3,(H,16,17). The van der Waals surface area contributed by atoms with Gasteiger partial charge >= 0.3 is 5.97 Å². The number of aromatic carboxylic acids is 1. The van der Waals surface area contributed by atoms with Crippen LogP contribution < -0.4 is 4.90 Å². The SMILES string of the molecule is CCCCN(c1cnc(C(=O)O)cn1)C1CC1. The molecule has 1 heterocycles. The van der Waals surface area contributed by atoms with Crippen molar-refractivity contribution >= 4 is 11.8 Å². The minimum absolute atomic E-state index is 0.0000107. The van der Waals surface area contributed by atoms with Crippen LogP contribution >= 0.6 is 0 Å². The van der Waals surface area contributed by atoms with Crippen molar-refractivity contribution in [2.75, 3.05) is 11.4 Å². The molecule has 0 radical (unpaired) electrons. The lowest BCUT2D eigenvalue weighted by Crippen LogP contribution is -2.28. The molecule has 1 fully saturated rings. The zero-order valence-corrected chi connectivity index (χ0v) is 9.96. The van der Waals surface area contributed by atoms with Crippen LogP contribution in [0.1, 0.15) is 43.1 Å². The molecule has 5 heteroatoms. The van der Waals surface area contributed by atoms with E-state index < -0.39 is 5.97 Å². The van der Waals surface area contributed by atoms with Crippen LogP contribution in [-0.4, -0.2) is 33.6 Å². The minimum Gasteiger partial charge on any atom is -0.476 e. The molecule has 1 aromatic heterocycles. The molecule has 5 nitrogen and oxygen atoms in total. The molecule has 0 aliphatic heterocycles. The fraction of sp³-hybridized carbons (Fsp3) is 0.583. The summed E-state index contributed by atoms with van der Waals surface area (Å²) in [5.74, 6) is -0.235. The number of hydrogen-bond acceptors (Lipinski definition) is 4. The van der Waals surface area contributed by atoms with Gasteiger partial charge in [0.05, 0.1) is 12.4 Å². The van der Waals surface area contributed by atoms with E-state index >= 15 is 0 Å². The second kappa shape index (κ2) is 5.12. The average molecular weight is 235 g/mol. The van der Waals surface area contributed by atoms with Crippen molar-refractivity contribution in [3.05, 3.63) is 18.1 Å². The molecule has 0 spiro atoms. The van der Waals surface area contributed by atoms with Gasteiger partial charge in [-0.1, -0.05) is 13.3 Å². The van der Waals surface area contributed by atoms with E-state index in [1.165, 1.54) is 19.0 Å². The molecule has 1 saturated carbocycles. The van der Waals surface area contributed by atoms with Crippen LogP contribution in [0.25, 0.3) is 0 Å². The highest BCUT2D eigenvalue weighted by atomic mass is 16.4. The summed E-state index contributed by atoms with van der Waals surface area (Å²) in [6.07, 6.45) is 7.57. The van der Waals surface area contributed by atoms with Gasteiger partial charge in [-0.05, 0) is 19.3 Å².